The maximum absolute atomic E-state index is 12.9. The van der Waals surface area contributed by atoms with Crippen molar-refractivity contribution in [1.82, 2.24) is 4.98 Å². The molecular formula is C19H16FN3O2. The van der Waals surface area contributed by atoms with Crippen LogP contribution in [-0.4, -0.2) is 4.98 Å². The molecule has 1 atom stereocenters. The van der Waals surface area contributed by atoms with Crippen molar-refractivity contribution in [3.8, 4) is 11.8 Å². The Morgan fingerprint density at radius 2 is 1.92 bits per heavy atom. The Hall–Kier alpha value is -3.33. The number of anilines is 1. The fourth-order valence-electron chi connectivity index (χ4n) is 2.30. The van der Waals surface area contributed by atoms with Gasteiger partial charge in [0.25, 0.3) is 0 Å². The first-order chi connectivity index (χ1) is 12.2. The van der Waals surface area contributed by atoms with Crippen molar-refractivity contribution in [1.29, 1.82) is 5.26 Å². The van der Waals surface area contributed by atoms with Gasteiger partial charge in [0, 0.05) is 0 Å². The van der Waals surface area contributed by atoms with Crippen molar-refractivity contribution >= 4 is 5.88 Å². The standard InChI is InChI=1S/C19H16FN3O2/c1-13(14-5-3-2-4-6-14)22-19-17(11-21)23-18(25-19)12-24-16-9-7-15(20)8-10-16/h2-10,13,22H,12H2,1H3/t13-/m1/s1. The number of benzene rings is 2. The van der Waals surface area contributed by atoms with Crippen LogP contribution in [0.5, 0.6) is 5.75 Å². The molecule has 0 amide bonds. The van der Waals surface area contributed by atoms with Crippen LogP contribution in [0.25, 0.3) is 0 Å². The molecule has 1 aromatic heterocycles. The van der Waals surface area contributed by atoms with Crippen molar-refractivity contribution in [3.63, 3.8) is 0 Å². The third kappa shape index (κ3) is 4.15. The molecule has 0 saturated heterocycles. The quantitative estimate of drug-likeness (QED) is 0.720. The summed E-state index contributed by atoms with van der Waals surface area (Å²) in [6.45, 7) is 2.01. The van der Waals surface area contributed by atoms with Gasteiger partial charge in [-0.3, -0.25) is 0 Å². The van der Waals surface area contributed by atoms with Gasteiger partial charge in [-0.1, -0.05) is 30.3 Å². The van der Waals surface area contributed by atoms with E-state index in [2.05, 4.69) is 10.3 Å². The molecule has 1 N–H and O–H groups in total. The summed E-state index contributed by atoms with van der Waals surface area (Å²) in [6.07, 6.45) is 0. The molecule has 0 unspecified atom stereocenters. The molecule has 2 aromatic carbocycles. The Morgan fingerprint density at radius 3 is 2.60 bits per heavy atom. The van der Waals surface area contributed by atoms with Gasteiger partial charge >= 0.3 is 0 Å². The van der Waals surface area contributed by atoms with E-state index in [0.29, 0.717) is 11.6 Å². The highest BCUT2D eigenvalue weighted by Gasteiger charge is 2.16. The van der Waals surface area contributed by atoms with Gasteiger partial charge in [-0.25, -0.2) is 4.39 Å². The number of hydrogen-bond donors (Lipinski definition) is 1. The van der Waals surface area contributed by atoms with Gasteiger partial charge in [0.1, 0.15) is 17.6 Å². The minimum Gasteiger partial charge on any atom is -0.484 e. The topological polar surface area (TPSA) is 71.1 Å². The normalized spacial score (nSPS) is 11.6. The van der Waals surface area contributed by atoms with E-state index in [1.165, 1.54) is 24.3 Å². The summed E-state index contributed by atoms with van der Waals surface area (Å²) < 4.78 is 24.0. The van der Waals surface area contributed by atoms with E-state index in [1.807, 2.05) is 43.3 Å². The van der Waals surface area contributed by atoms with Crippen molar-refractivity contribution in [2.75, 3.05) is 5.32 Å². The number of nitrogens with zero attached hydrogens (tertiary/aromatic N) is 2. The van der Waals surface area contributed by atoms with Crippen molar-refractivity contribution in [2.45, 2.75) is 19.6 Å². The first-order valence-electron chi connectivity index (χ1n) is 7.75. The third-order valence-electron chi connectivity index (χ3n) is 3.60. The van der Waals surface area contributed by atoms with E-state index in [-0.39, 0.29) is 30.1 Å². The van der Waals surface area contributed by atoms with Gasteiger partial charge in [0.2, 0.25) is 17.5 Å². The summed E-state index contributed by atoms with van der Waals surface area (Å²) in [5.74, 6) is 0.724. The molecular weight excluding hydrogens is 321 g/mol. The molecule has 0 spiro atoms. The zero-order chi connectivity index (χ0) is 17.6. The largest absolute Gasteiger partial charge is 0.484 e. The second-order valence-corrected chi connectivity index (χ2v) is 5.42. The van der Waals surface area contributed by atoms with Crippen LogP contribution in [0.4, 0.5) is 10.3 Å². The molecule has 0 radical (unpaired) electrons. The van der Waals surface area contributed by atoms with Crippen molar-refractivity contribution in [3.05, 3.63) is 77.6 Å². The first kappa shape index (κ1) is 16.5. The number of ether oxygens (including phenoxy) is 1. The molecule has 25 heavy (non-hydrogen) atoms. The number of aromatic nitrogens is 1. The molecule has 0 fully saturated rings. The lowest BCUT2D eigenvalue weighted by atomic mass is 10.1. The van der Waals surface area contributed by atoms with Gasteiger partial charge < -0.3 is 14.5 Å². The first-order valence-corrected chi connectivity index (χ1v) is 7.75. The van der Waals surface area contributed by atoms with Crippen LogP contribution in [0.3, 0.4) is 0 Å². The van der Waals surface area contributed by atoms with Gasteiger partial charge in [-0.15, -0.1) is 0 Å². The predicted molar refractivity (Wildman–Crippen MR) is 90.4 cm³/mol. The highest BCUT2D eigenvalue weighted by Crippen LogP contribution is 2.24. The van der Waals surface area contributed by atoms with Crippen LogP contribution in [-0.2, 0) is 6.61 Å². The minimum absolute atomic E-state index is 0.0434. The maximum atomic E-state index is 12.9. The fraction of sp³-hybridized carbons (Fsp3) is 0.158. The highest BCUT2D eigenvalue weighted by atomic mass is 19.1. The summed E-state index contributed by atoms with van der Waals surface area (Å²) in [6, 6.07) is 17.4. The number of rotatable bonds is 6. The highest BCUT2D eigenvalue weighted by molar-refractivity contribution is 5.47. The lowest BCUT2D eigenvalue weighted by Gasteiger charge is -2.13. The smallest absolute Gasteiger partial charge is 0.236 e. The number of oxazole rings is 1. The van der Waals surface area contributed by atoms with E-state index in [0.717, 1.165) is 5.56 Å². The average Bonchev–Trinajstić information content (AvgIpc) is 3.04. The summed E-state index contributed by atoms with van der Waals surface area (Å²) in [5.41, 5.74) is 1.23. The number of halogens is 1. The summed E-state index contributed by atoms with van der Waals surface area (Å²) in [7, 11) is 0. The third-order valence-corrected chi connectivity index (χ3v) is 3.60. The molecule has 0 bridgehead atoms. The van der Waals surface area contributed by atoms with E-state index < -0.39 is 0 Å². The van der Waals surface area contributed by atoms with E-state index in [1.54, 1.807) is 0 Å². The lowest BCUT2D eigenvalue weighted by molar-refractivity contribution is 0.264. The van der Waals surface area contributed by atoms with E-state index in [4.69, 9.17) is 9.15 Å². The average molecular weight is 337 g/mol. The van der Waals surface area contributed by atoms with Crippen LogP contribution in [0, 0.1) is 17.1 Å². The van der Waals surface area contributed by atoms with Crippen LogP contribution >= 0.6 is 0 Å². The van der Waals surface area contributed by atoms with Crippen molar-refractivity contribution in [2.24, 2.45) is 0 Å². The molecule has 5 nitrogen and oxygen atoms in total. The van der Waals surface area contributed by atoms with Crippen LogP contribution < -0.4 is 10.1 Å². The second kappa shape index (κ2) is 7.49. The summed E-state index contributed by atoms with van der Waals surface area (Å²) in [5, 5.41) is 12.4. The molecule has 6 heteroatoms. The van der Waals surface area contributed by atoms with Crippen LogP contribution in [0.1, 0.15) is 30.1 Å². The van der Waals surface area contributed by atoms with Gasteiger partial charge in [-0.05, 0) is 36.8 Å². The maximum Gasteiger partial charge on any atom is 0.236 e. The zero-order valence-corrected chi connectivity index (χ0v) is 13.6. The van der Waals surface area contributed by atoms with Gasteiger partial charge in [-0.2, -0.15) is 10.2 Å². The van der Waals surface area contributed by atoms with E-state index in [9.17, 15) is 9.65 Å². The SMILES string of the molecule is C[C@@H](Nc1oc(COc2ccc(F)cc2)nc1C#N)c1ccccc1. The number of nitriles is 1. The molecule has 0 aliphatic carbocycles. The monoisotopic (exact) mass is 337 g/mol. The molecule has 0 aliphatic heterocycles. The Morgan fingerprint density at radius 1 is 1.20 bits per heavy atom. The second-order valence-electron chi connectivity index (χ2n) is 5.42. The fourth-order valence-corrected chi connectivity index (χ4v) is 2.30. The summed E-state index contributed by atoms with van der Waals surface area (Å²) in [4.78, 5) is 4.12. The van der Waals surface area contributed by atoms with Crippen LogP contribution in [0.15, 0.2) is 59.0 Å². The van der Waals surface area contributed by atoms with E-state index >= 15 is 0 Å². The number of nitrogens with one attached hydrogen (secondary N) is 1. The summed E-state index contributed by atoms with van der Waals surface area (Å²) >= 11 is 0. The molecule has 0 aliphatic rings. The molecule has 3 aromatic rings. The molecule has 1 heterocycles. The van der Waals surface area contributed by atoms with Crippen LogP contribution in [0.2, 0.25) is 0 Å². The minimum atomic E-state index is -0.336. The molecule has 126 valence electrons. The molecule has 3 rings (SSSR count). The number of hydrogen-bond acceptors (Lipinski definition) is 5. The lowest BCUT2D eigenvalue weighted by Crippen LogP contribution is -2.06. The Balaban J connectivity index is 1.69. The van der Waals surface area contributed by atoms with Gasteiger partial charge in [0.05, 0.1) is 6.04 Å². The Labute approximate surface area is 144 Å². The Bertz CT molecular complexity index is 870. The zero-order valence-electron chi connectivity index (χ0n) is 13.6. The van der Waals surface area contributed by atoms with Crippen molar-refractivity contribution < 1.29 is 13.5 Å². The van der Waals surface area contributed by atoms with Gasteiger partial charge in [0.15, 0.2) is 6.61 Å². The predicted octanol–water partition coefficient (Wildman–Crippen LogP) is 4.44. The Kier molecular flexibility index (Phi) is 4.95. The molecule has 0 saturated carbocycles.